The number of hydrogen-bond donors (Lipinski definition) is 2. The number of anilines is 2. The van der Waals surface area contributed by atoms with Gasteiger partial charge in [0.05, 0.1) is 0 Å². The van der Waals surface area contributed by atoms with Gasteiger partial charge in [-0.1, -0.05) is 17.2 Å². The van der Waals surface area contributed by atoms with Crippen LogP contribution in [0, 0.1) is 0 Å². The fourth-order valence-electron chi connectivity index (χ4n) is 2.10. The standard InChI is InChI=1S/C11H14N6/c1-17-11(14-15-16-17)13-10-4-2-3-8-7-12-6-5-9(8)10/h2-4,12H,5-7H2,1H3,(H,13,14,16). The van der Waals surface area contributed by atoms with Crippen LogP contribution in [-0.4, -0.2) is 26.8 Å². The second-order valence-corrected chi connectivity index (χ2v) is 4.12. The van der Waals surface area contributed by atoms with E-state index < -0.39 is 0 Å². The molecule has 0 saturated carbocycles. The minimum absolute atomic E-state index is 0.664. The Morgan fingerprint density at radius 3 is 3.18 bits per heavy atom. The first-order valence-electron chi connectivity index (χ1n) is 5.65. The summed E-state index contributed by atoms with van der Waals surface area (Å²) in [4.78, 5) is 0. The third-order valence-electron chi connectivity index (χ3n) is 3.01. The first-order valence-corrected chi connectivity index (χ1v) is 5.65. The van der Waals surface area contributed by atoms with Crippen molar-refractivity contribution in [3.63, 3.8) is 0 Å². The first-order chi connectivity index (χ1) is 8.34. The van der Waals surface area contributed by atoms with Gasteiger partial charge in [0.1, 0.15) is 0 Å². The van der Waals surface area contributed by atoms with Crippen LogP contribution in [0.15, 0.2) is 18.2 Å². The highest BCUT2D eigenvalue weighted by Gasteiger charge is 2.13. The molecular weight excluding hydrogens is 216 g/mol. The fraction of sp³-hybridized carbons (Fsp3) is 0.364. The second-order valence-electron chi connectivity index (χ2n) is 4.12. The molecule has 0 fully saturated rings. The van der Waals surface area contributed by atoms with E-state index in [1.807, 2.05) is 7.05 Å². The number of nitrogens with one attached hydrogen (secondary N) is 2. The Morgan fingerprint density at radius 2 is 2.35 bits per heavy atom. The third-order valence-corrected chi connectivity index (χ3v) is 3.01. The molecule has 0 aliphatic carbocycles. The maximum atomic E-state index is 3.94. The van der Waals surface area contributed by atoms with Crippen LogP contribution in [0.4, 0.5) is 11.6 Å². The van der Waals surface area contributed by atoms with E-state index in [0.29, 0.717) is 5.95 Å². The van der Waals surface area contributed by atoms with Gasteiger partial charge in [0, 0.05) is 19.3 Å². The molecule has 0 atom stereocenters. The molecule has 17 heavy (non-hydrogen) atoms. The smallest absolute Gasteiger partial charge is 0.247 e. The van der Waals surface area contributed by atoms with E-state index in [1.165, 1.54) is 11.1 Å². The molecule has 1 aliphatic rings. The van der Waals surface area contributed by atoms with Gasteiger partial charge >= 0.3 is 0 Å². The molecule has 0 unspecified atom stereocenters. The van der Waals surface area contributed by atoms with Crippen molar-refractivity contribution in [2.24, 2.45) is 7.05 Å². The lowest BCUT2D eigenvalue weighted by molar-refractivity contribution is 0.644. The van der Waals surface area contributed by atoms with E-state index in [2.05, 4.69) is 44.4 Å². The molecule has 88 valence electrons. The lowest BCUT2D eigenvalue weighted by Crippen LogP contribution is -2.24. The Balaban J connectivity index is 1.95. The van der Waals surface area contributed by atoms with Crippen LogP contribution in [0.3, 0.4) is 0 Å². The molecule has 0 spiro atoms. The summed E-state index contributed by atoms with van der Waals surface area (Å²) in [6.45, 7) is 1.95. The summed E-state index contributed by atoms with van der Waals surface area (Å²) in [6, 6.07) is 6.28. The summed E-state index contributed by atoms with van der Waals surface area (Å²) >= 11 is 0. The van der Waals surface area contributed by atoms with E-state index in [4.69, 9.17) is 0 Å². The molecule has 0 radical (unpaired) electrons. The minimum Gasteiger partial charge on any atom is -0.323 e. The minimum atomic E-state index is 0.664. The van der Waals surface area contributed by atoms with Gasteiger partial charge in [-0.25, -0.2) is 4.68 Å². The summed E-state index contributed by atoms with van der Waals surface area (Å²) < 4.78 is 1.63. The first kappa shape index (κ1) is 10.2. The summed E-state index contributed by atoms with van der Waals surface area (Å²) in [5, 5.41) is 18.0. The van der Waals surface area contributed by atoms with Crippen molar-refractivity contribution >= 4 is 11.6 Å². The van der Waals surface area contributed by atoms with Crippen LogP contribution >= 0.6 is 0 Å². The Hall–Kier alpha value is -1.95. The van der Waals surface area contributed by atoms with Crippen LogP contribution in [0.2, 0.25) is 0 Å². The second kappa shape index (κ2) is 4.14. The van der Waals surface area contributed by atoms with Crippen molar-refractivity contribution in [2.75, 3.05) is 11.9 Å². The molecule has 2 aromatic rings. The molecule has 6 nitrogen and oxygen atoms in total. The summed E-state index contributed by atoms with van der Waals surface area (Å²) in [5.74, 6) is 0.664. The highest BCUT2D eigenvalue weighted by Crippen LogP contribution is 2.24. The predicted molar refractivity (Wildman–Crippen MR) is 63.9 cm³/mol. The highest BCUT2D eigenvalue weighted by molar-refractivity contribution is 5.61. The zero-order valence-corrected chi connectivity index (χ0v) is 9.64. The van der Waals surface area contributed by atoms with Crippen LogP contribution < -0.4 is 10.6 Å². The molecule has 0 bridgehead atoms. The van der Waals surface area contributed by atoms with E-state index in [1.54, 1.807) is 4.68 Å². The molecule has 3 rings (SSSR count). The average molecular weight is 230 g/mol. The van der Waals surface area contributed by atoms with Gasteiger partial charge in [0.25, 0.3) is 0 Å². The van der Waals surface area contributed by atoms with Crippen molar-refractivity contribution < 1.29 is 0 Å². The Bertz CT molecular complexity index is 533. The Kier molecular flexibility index (Phi) is 2.49. The Morgan fingerprint density at radius 1 is 1.41 bits per heavy atom. The number of fused-ring (bicyclic) bond motifs is 1. The fourth-order valence-corrected chi connectivity index (χ4v) is 2.10. The predicted octanol–water partition coefficient (Wildman–Crippen LogP) is 0.599. The average Bonchev–Trinajstić information content (AvgIpc) is 2.76. The molecule has 2 heterocycles. The normalized spacial score (nSPS) is 14.4. The SMILES string of the molecule is Cn1nnnc1Nc1cccc2c1CCNC2. The number of hydrogen-bond acceptors (Lipinski definition) is 5. The van der Waals surface area contributed by atoms with Gasteiger partial charge in [-0.15, -0.1) is 0 Å². The number of nitrogens with zero attached hydrogens (tertiary/aromatic N) is 4. The molecule has 1 aliphatic heterocycles. The van der Waals surface area contributed by atoms with Crippen molar-refractivity contribution in [2.45, 2.75) is 13.0 Å². The zero-order chi connectivity index (χ0) is 11.7. The largest absolute Gasteiger partial charge is 0.323 e. The molecular formula is C11H14N6. The van der Waals surface area contributed by atoms with Crippen LogP contribution in [0.5, 0.6) is 0 Å². The topological polar surface area (TPSA) is 67.7 Å². The molecule has 2 N–H and O–H groups in total. The monoisotopic (exact) mass is 230 g/mol. The van der Waals surface area contributed by atoms with Crippen LogP contribution in [0.25, 0.3) is 0 Å². The van der Waals surface area contributed by atoms with Gasteiger partial charge in [-0.2, -0.15) is 0 Å². The van der Waals surface area contributed by atoms with Crippen LogP contribution in [-0.2, 0) is 20.0 Å². The Labute approximate surface area is 99.0 Å². The van der Waals surface area contributed by atoms with Crippen molar-refractivity contribution in [3.8, 4) is 0 Å². The lowest BCUT2D eigenvalue weighted by Gasteiger charge is -2.20. The maximum Gasteiger partial charge on any atom is 0.247 e. The van der Waals surface area contributed by atoms with Gasteiger partial charge in [-0.3, -0.25) is 0 Å². The van der Waals surface area contributed by atoms with Crippen molar-refractivity contribution in [3.05, 3.63) is 29.3 Å². The lowest BCUT2D eigenvalue weighted by atomic mass is 9.99. The van der Waals surface area contributed by atoms with E-state index in [9.17, 15) is 0 Å². The highest BCUT2D eigenvalue weighted by atomic mass is 15.6. The molecule has 1 aromatic heterocycles. The van der Waals surface area contributed by atoms with E-state index >= 15 is 0 Å². The number of aromatic nitrogens is 4. The third kappa shape index (κ3) is 1.87. The molecule has 6 heteroatoms. The van der Waals surface area contributed by atoms with Crippen molar-refractivity contribution in [1.29, 1.82) is 0 Å². The quantitative estimate of drug-likeness (QED) is 0.790. The van der Waals surface area contributed by atoms with E-state index in [0.717, 1.165) is 25.2 Å². The van der Waals surface area contributed by atoms with E-state index in [-0.39, 0.29) is 0 Å². The number of benzene rings is 1. The summed E-state index contributed by atoms with van der Waals surface area (Å²) in [6.07, 6.45) is 1.03. The number of rotatable bonds is 2. The van der Waals surface area contributed by atoms with Gasteiger partial charge < -0.3 is 10.6 Å². The van der Waals surface area contributed by atoms with Crippen molar-refractivity contribution in [1.82, 2.24) is 25.5 Å². The van der Waals surface area contributed by atoms with Gasteiger partial charge in [-0.05, 0) is 40.6 Å². The van der Waals surface area contributed by atoms with Gasteiger partial charge in [0.2, 0.25) is 5.95 Å². The number of aryl methyl sites for hydroxylation is 1. The maximum absolute atomic E-state index is 3.94. The van der Waals surface area contributed by atoms with Crippen LogP contribution in [0.1, 0.15) is 11.1 Å². The molecule has 1 aromatic carbocycles. The zero-order valence-electron chi connectivity index (χ0n) is 9.64. The summed E-state index contributed by atoms with van der Waals surface area (Å²) in [7, 11) is 1.82. The van der Waals surface area contributed by atoms with Gasteiger partial charge in [0.15, 0.2) is 0 Å². The number of tetrazole rings is 1. The summed E-state index contributed by atoms with van der Waals surface area (Å²) in [5.41, 5.74) is 3.80. The molecule has 0 amide bonds. The molecule has 0 saturated heterocycles.